The van der Waals surface area contributed by atoms with Crippen LogP contribution in [0, 0.1) is 6.92 Å². The molecule has 2 aromatic carbocycles. The standard InChI is InChI=1S/C22H15F3N4O3/c1-13-12-14(10-11-26-13)27-20(30)19-21(29-18-5-3-2-4-17(18)28-19)31-15-6-8-16(9-7-15)32-22(23,24)25/h2-12H,1H3,(H,26,27,30). The van der Waals surface area contributed by atoms with Gasteiger partial charge in [0.25, 0.3) is 11.8 Å². The fraction of sp³-hybridized carbons (Fsp3) is 0.0909. The summed E-state index contributed by atoms with van der Waals surface area (Å²) in [7, 11) is 0. The normalized spacial score (nSPS) is 11.2. The van der Waals surface area contributed by atoms with Crippen molar-refractivity contribution in [1.29, 1.82) is 0 Å². The van der Waals surface area contributed by atoms with Crippen LogP contribution in [0.4, 0.5) is 18.9 Å². The average molecular weight is 440 g/mol. The van der Waals surface area contributed by atoms with Crippen LogP contribution in [0.5, 0.6) is 17.4 Å². The Bertz CT molecular complexity index is 1280. The minimum atomic E-state index is -4.80. The van der Waals surface area contributed by atoms with Crippen molar-refractivity contribution in [1.82, 2.24) is 15.0 Å². The van der Waals surface area contributed by atoms with E-state index >= 15 is 0 Å². The van der Waals surface area contributed by atoms with E-state index in [1.54, 1.807) is 49.5 Å². The number of nitrogens with one attached hydrogen (secondary N) is 1. The van der Waals surface area contributed by atoms with Crippen molar-refractivity contribution < 1.29 is 27.4 Å². The summed E-state index contributed by atoms with van der Waals surface area (Å²) < 4.78 is 46.6. The summed E-state index contributed by atoms with van der Waals surface area (Å²) in [6, 6.07) is 14.9. The summed E-state index contributed by atoms with van der Waals surface area (Å²) in [5, 5.41) is 2.72. The predicted octanol–water partition coefficient (Wildman–Crippen LogP) is 5.28. The smallest absolute Gasteiger partial charge is 0.437 e. The largest absolute Gasteiger partial charge is 0.573 e. The van der Waals surface area contributed by atoms with Gasteiger partial charge in [0.05, 0.1) is 11.0 Å². The Morgan fingerprint density at radius 1 is 0.938 bits per heavy atom. The Hall–Kier alpha value is -4.21. The zero-order chi connectivity index (χ0) is 22.7. The molecule has 1 N–H and O–H groups in total. The van der Waals surface area contributed by atoms with Crippen LogP contribution in [0.1, 0.15) is 16.2 Å². The van der Waals surface area contributed by atoms with E-state index in [1.807, 2.05) is 0 Å². The molecule has 0 aliphatic heterocycles. The molecule has 1 amide bonds. The minimum absolute atomic E-state index is 0.0891. The summed E-state index contributed by atoms with van der Waals surface area (Å²) in [5.41, 5.74) is 2.09. The number of hydrogen-bond donors (Lipinski definition) is 1. The molecule has 162 valence electrons. The maximum absolute atomic E-state index is 12.9. The lowest BCUT2D eigenvalue weighted by molar-refractivity contribution is -0.274. The van der Waals surface area contributed by atoms with Gasteiger partial charge in [0, 0.05) is 17.6 Å². The molecule has 0 bridgehead atoms. The summed E-state index contributed by atoms with van der Waals surface area (Å²) in [5.74, 6) is -0.921. The fourth-order valence-corrected chi connectivity index (χ4v) is 2.84. The predicted molar refractivity (Wildman–Crippen MR) is 110 cm³/mol. The first-order valence-electron chi connectivity index (χ1n) is 9.31. The molecular weight excluding hydrogens is 425 g/mol. The number of rotatable bonds is 5. The molecule has 0 radical (unpaired) electrons. The molecule has 0 spiro atoms. The number of alkyl halides is 3. The molecule has 0 unspecified atom stereocenters. The molecule has 4 rings (SSSR count). The van der Waals surface area contributed by atoms with E-state index in [0.29, 0.717) is 22.4 Å². The van der Waals surface area contributed by atoms with Gasteiger partial charge in [-0.05, 0) is 55.5 Å². The third-order valence-electron chi connectivity index (χ3n) is 4.18. The van der Waals surface area contributed by atoms with E-state index in [0.717, 1.165) is 12.1 Å². The molecule has 4 aromatic rings. The maximum atomic E-state index is 12.9. The molecule has 7 nitrogen and oxygen atoms in total. The van der Waals surface area contributed by atoms with Crippen LogP contribution in [0.2, 0.25) is 0 Å². The summed E-state index contributed by atoms with van der Waals surface area (Å²) in [6.07, 6.45) is -3.25. The number of nitrogens with zero attached hydrogens (tertiary/aromatic N) is 3. The van der Waals surface area contributed by atoms with Crippen LogP contribution in [-0.2, 0) is 0 Å². The highest BCUT2D eigenvalue weighted by atomic mass is 19.4. The highest BCUT2D eigenvalue weighted by Crippen LogP contribution is 2.29. The van der Waals surface area contributed by atoms with Gasteiger partial charge in [-0.3, -0.25) is 9.78 Å². The van der Waals surface area contributed by atoms with Gasteiger partial charge in [-0.2, -0.15) is 0 Å². The Kier molecular flexibility index (Phi) is 5.59. The van der Waals surface area contributed by atoms with E-state index in [4.69, 9.17) is 4.74 Å². The lowest BCUT2D eigenvalue weighted by Crippen LogP contribution is -2.17. The Morgan fingerprint density at radius 2 is 1.59 bits per heavy atom. The number of amides is 1. The zero-order valence-electron chi connectivity index (χ0n) is 16.6. The second-order valence-electron chi connectivity index (χ2n) is 6.63. The van der Waals surface area contributed by atoms with Crippen LogP contribution in [0.25, 0.3) is 11.0 Å². The quantitative estimate of drug-likeness (QED) is 0.455. The van der Waals surface area contributed by atoms with Crippen molar-refractivity contribution in [3.05, 3.63) is 78.2 Å². The van der Waals surface area contributed by atoms with Crippen molar-refractivity contribution in [3.8, 4) is 17.4 Å². The number of aromatic nitrogens is 3. The number of fused-ring (bicyclic) bond motifs is 1. The topological polar surface area (TPSA) is 86.2 Å². The van der Waals surface area contributed by atoms with E-state index in [9.17, 15) is 18.0 Å². The van der Waals surface area contributed by atoms with Crippen LogP contribution < -0.4 is 14.8 Å². The zero-order valence-corrected chi connectivity index (χ0v) is 16.6. The third kappa shape index (κ3) is 5.09. The van der Waals surface area contributed by atoms with Gasteiger partial charge in [0.2, 0.25) is 0 Å². The lowest BCUT2D eigenvalue weighted by Gasteiger charge is -2.12. The second-order valence-corrected chi connectivity index (χ2v) is 6.63. The molecule has 0 saturated heterocycles. The molecule has 0 aliphatic rings. The average Bonchev–Trinajstić information content (AvgIpc) is 2.73. The van der Waals surface area contributed by atoms with Crippen LogP contribution >= 0.6 is 0 Å². The molecule has 0 atom stereocenters. The molecular formula is C22H15F3N4O3. The van der Waals surface area contributed by atoms with Crippen molar-refractivity contribution in [3.63, 3.8) is 0 Å². The first-order chi connectivity index (χ1) is 15.3. The lowest BCUT2D eigenvalue weighted by atomic mass is 10.2. The number of benzene rings is 2. The Labute approximate surface area is 179 Å². The number of aryl methyl sites for hydroxylation is 1. The van der Waals surface area contributed by atoms with Crippen LogP contribution in [0.15, 0.2) is 66.9 Å². The number of halogens is 3. The fourth-order valence-electron chi connectivity index (χ4n) is 2.84. The van der Waals surface area contributed by atoms with Gasteiger partial charge < -0.3 is 14.8 Å². The SMILES string of the molecule is Cc1cc(NC(=O)c2nc3ccccc3nc2Oc2ccc(OC(F)(F)F)cc2)ccn1. The number of hydrogen-bond acceptors (Lipinski definition) is 6. The van der Waals surface area contributed by atoms with Gasteiger partial charge in [0.1, 0.15) is 11.5 Å². The van der Waals surface area contributed by atoms with Crippen molar-refractivity contribution in [2.24, 2.45) is 0 Å². The van der Waals surface area contributed by atoms with E-state index < -0.39 is 18.0 Å². The van der Waals surface area contributed by atoms with Gasteiger partial charge >= 0.3 is 6.36 Å². The van der Waals surface area contributed by atoms with Crippen LogP contribution in [0.3, 0.4) is 0 Å². The van der Waals surface area contributed by atoms with Crippen molar-refractivity contribution in [2.45, 2.75) is 13.3 Å². The summed E-state index contributed by atoms with van der Waals surface area (Å²) >= 11 is 0. The van der Waals surface area contributed by atoms with E-state index in [-0.39, 0.29) is 17.3 Å². The first kappa shape index (κ1) is 21.0. The van der Waals surface area contributed by atoms with E-state index in [2.05, 4.69) is 25.0 Å². The number of ether oxygens (including phenoxy) is 2. The van der Waals surface area contributed by atoms with Crippen molar-refractivity contribution >= 4 is 22.6 Å². The minimum Gasteiger partial charge on any atom is -0.437 e. The summed E-state index contributed by atoms with van der Waals surface area (Å²) in [6.45, 7) is 1.78. The monoisotopic (exact) mass is 440 g/mol. The van der Waals surface area contributed by atoms with Gasteiger partial charge in [-0.1, -0.05) is 12.1 Å². The molecule has 0 aliphatic carbocycles. The van der Waals surface area contributed by atoms with Crippen molar-refractivity contribution in [2.75, 3.05) is 5.32 Å². The molecule has 0 fully saturated rings. The number of carbonyl (C=O) groups excluding carboxylic acids is 1. The first-order valence-corrected chi connectivity index (χ1v) is 9.31. The summed E-state index contributed by atoms with van der Waals surface area (Å²) in [4.78, 5) is 25.7. The third-order valence-corrected chi connectivity index (χ3v) is 4.18. The molecule has 0 saturated carbocycles. The van der Waals surface area contributed by atoms with Gasteiger partial charge in [-0.25, -0.2) is 9.97 Å². The molecule has 10 heteroatoms. The maximum Gasteiger partial charge on any atom is 0.573 e. The highest BCUT2D eigenvalue weighted by molar-refractivity contribution is 6.05. The number of carbonyl (C=O) groups is 1. The number of para-hydroxylation sites is 2. The number of pyridine rings is 1. The molecule has 2 heterocycles. The van der Waals surface area contributed by atoms with Gasteiger partial charge in [0.15, 0.2) is 5.69 Å². The molecule has 32 heavy (non-hydrogen) atoms. The van der Waals surface area contributed by atoms with Crippen LogP contribution in [-0.4, -0.2) is 27.2 Å². The Morgan fingerprint density at radius 3 is 2.25 bits per heavy atom. The highest BCUT2D eigenvalue weighted by Gasteiger charge is 2.31. The van der Waals surface area contributed by atoms with E-state index in [1.165, 1.54) is 12.1 Å². The Balaban J connectivity index is 1.66. The second kappa shape index (κ2) is 8.50. The molecule has 2 aromatic heterocycles. The number of anilines is 1. The van der Waals surface area contributed by atoms with Gasteiger partial charge in [-0.15, -0.1) is 13.2 Å².